The molecule has 0 spiro atoms. The van der Waals surface area contributed by atoms with E-state index in [9.17, 15) is 5.26 Å². The van der Waals surface area contributed by atoms with Gasteiger partial charge >= 0.3 is 0 Å². The molecule has 1 aliphatic heterocycles. The molecule has 0 amide bonds. The first-order valence-corrected chi connectivity index (χ1v) is 6.85. The molecule has 4 heteroatoms. The Bertz CT molecular complexity index is 422. The van der Waals surface area contributed by atoms with E-state index in [1.54, 1.807) is 7.11 Å². The quantitative estimate of drug-likeness (QED) is 0.893. The van der Waals surface area contributed by atoms with E-state index in [0.29, 0.717) is 0 Å². The summed E-state index contributed by atoms with van der Waals surface area (Å²) in [6.45, 7) is 0. The number of thioether (sulfide) groups is 1. The predicted molar refractivity (Wildman–Crippen MR) is 71.5 cm³/mol. The summed E-state index contributed by atoms with van der Waals surface area (Å²) in [6.07, 6.45) is 2.00. The number of nitrogens with zero attached hydrogens (tertiary/aromatic N) is 1. The van der Waals surface area contributed by atoms with Crippen LogP contribution in [0.1, 0.15) is 12.8 Å². The lowest BCUT2D eigenvalue weighted by atomic mass is 9.97. The lowest BCUT2D eigenvalue weighted by Crippen LogP contribution is -2.41. The van der Waals surface area contributed by atoms with E-state index in [2.05, 4.69) is 11.4 Å². The van der Waals surface area contributed by atoms with Crippen LogP contribution in [0.25, 0.3) is 0 Å². The zero-order valence-corrected chi connectivity index (χ0v) is 10.7. The number of anilines is 1. The van der Waals surface area contributed by atoms with Crippen LogP contribution in [0.5, 0.6) is 5.75 Å². The van der Waals surface area contributed by atoms with Crippen molar-refractivity contribution in [2.75, 3.05) is 23.9 Å². The molecule has 1 unspecified atom stereocenters. The Balaban J connectivity index is 2.15. The van der Waals surface area contributed by atoms with Crippen LogP contribution in [0, 0.1) is 11.3 Å². The van der Waals surface area contributed by atoms with Gasteiger partial charge in [0, 0.05) is 17.5 Å². The largest absolute Gasteiger partial charge is 0.497 e. The molecule has 2 rings (SSSR count). The summed E-state index contributed by atoms with van der Waals surface area (Å²) >= 11 is 1.84. The molecule has 1 aromatic carbocycles. The molecule has 3 nitrogen and oxygen atoms in total. The number of rotatable bonds is 3. The second-order valence-electron chi connectivity index (χ2n) is 4.21. The highest BCUT2D eigenvalue weighted by molar-refractivity contribution is 7.99. The molecule has 1 heterocycles. The van der Waals surface area contributed by atoms with Gasteiger partial charge in [-0.25, -0.2) is 0 Å². The predicted octanol–water partition coefficient (Wildman–Crippen LogP) is 2.90. The molecule has 90 valence electrons. The molecule has 1 aromatic rings. The molecule has 0 aromatic heterocycles. The summed E-state index contributed by atoms with van der Waals surface area (Å²) in [6, 6.07) is 10.2. The van der Waals surface area contributed by atoms with Crippen LogP contribution in [0.3, 0.4) is 0 Å². The topological polar surface area (TPSA) is 45.0 Å². The number of benzene rings is 1. The maximum Gasteiger partial charge on any atom is 0.134 e. The Morgan fingerprint density at radius 1 is 1.53 bits per heavy atom. The van der Waals surface area contributed by atoms with Gasteiger partial charge in [-0.15, -0.1) is 0 Å². The van der Waals surface area contributed by atoms with Crippen molar-refractivity contribution in [3.05, 3.63) is 24.3 Å². The zero-order chi connectivity index (χ0) is 12.1. The Morgan fingerprint density at radius 2 is 2.41 bits per heavy atom. The summed E-state index contributed by atoms with van der Waals surface area (Å²) in [5.74, 6) is 2.82. The molecule has 0 bridgehead atoms. The van der Waals surface area contributed by atoms with E-state index < -0.39 is 5.54 Å². The average molecular weight is 248 g/mol. The van der Waals surface area contributed by atoms with Gasteiger partial charge in [-0.1, -0.05) is 6.07 Å². The Hall–Kier alpha value is -1.34. The maximum absolute atomic E-state index is 9.37. The van der Waals surface area contributed by atoms with Gasteiger partial charge in [0.05, 0.1) is 13.2 Å². The third-order valence-corrected chi connectivity index (χ3v) is 4.18. The molecule has 1 atom stereocenters. The highest BCUT2D eigenvalue weighted by Crippen LogP contribution is 2.30. The molecular formula is C13H16N2OS. The van der Waals surface area contributed by atoms with Crippen molar-refractivity contribution in [2.45, 2.75) is 18.4 Å². The molecule has 1 fully saturated rings. The fourth-order valence-corrected chi connectivity index (χ4v) is 3.11. The first kappa shape index (κ1) is 12.1. The minimum Gasteiger partial charge on any atom is -0.497 e. The van der Waals surface area contributed by atoms with Crippen molar-refractivity contribution in [2.24, 2.45) is 0 Å². The molecular weight excluding hydrogens is 232 g/mol. The van der Waals surface area contributed by atoms with E-state index in [0.717, 1.165) is 35.8 Å². The highest BCUT2D eigenvalue weighted by Gasteiger charge is 2.32. The molecule has 0 saturated carbocycles. The molecule has 1 saturated heterocycles. The fourth-order valence-electron chi connectivity index (χ4n) is 1.99. The van der Waals surface area contributed by atoms with Gasteiger partial charge in [0.25, 0.3) is 0 Å². The maximum atomic E-state index is 9.37. The van der Waals surface area contributed by atoms with E-state index in [4.69, 9.17) is 4.74 Å². The number of nitrogens with one attached hydrogen (secondary N) is 1. The van der Waals surface area contributed by atoms with Crippen LogP contribution >= 0.6 is 11.8 Å². The van der Waals surface area contributed by atoms with Crippen LogP contribution in [-0.2, 0) is 0 Å². The Kier molecular flexibility index (Phi) is 3.80. The van der Waals surface area contributed by atoms with Gasteiger partial charge in [-0.2, -0.15) is 17.0 Å². The average Bonchev–Trinajstić information content (AvgIpc) is 2.40. The first-order chi connectivity index (χ1) is 8.28. The van der Waals surface area contributed by atoms with E-state index >= 15 is 0 Å². The standard InChI is InChI=1S/C13H16N2OS/c1-16-12-5-2-4-11(8-12)15-13(9-14)6-3-7-17-10-13/h2,4-5,8,15H,3,6-7,10H2,1H3. The van der Waals surface area contributed by atoms with E-state index in [1.165, 1.54) is 0 Å². The molecule has 0 radical (unpaired) electrons. The summed E-state index contributed by atoms with van der Waals surface area (Å²) in [7, 11) is 1.65. The van der Waals surface area contributed by atoms with E-state index in [1.807, 2.05) is 36.0 Å². The Morgan fingerprint density at radius 3 is 3.06 bits per heavy atom. The lowest BCUT2D eigenvalue weighted by molar-refractivity contribution is 0.415. The van der Waals surface area contributed by atoms with Crippen LogP contribution in [0.2, 0.25) is 0 Å². The highest BCUT2D eigenvalue weighted by atomic mass is 32.2. The van der Waals surface area contributed by atoms with Crippen molar-refractivity contribution in [3.63, 3.8) is 0 Å². The van der Waals surface area contributed by atoms with Gasteiger partial charge in [-0.05, 0) is 30.7 Å². The first-order valence-electron chi connectivity index (χ1n) is 5.69. The number of hydrogen-bond acceptors (Lipinski definition) is 4. The molecule has 17 heavy (non-hydrogen) atoms. The van der Waals surface area contributed by atoms with Crippen molar-refractivity contribution >= 4 is 17.4 Å². The Labute approximate surface area is 106 Å². The fraction of sp³-hybridized carbons (Fsp3) is 0.462. The van der Waals surface area contributed by atoms with Gasteiger partial charge < -0.3 is 10.1 Å². The number of nitriles is 1. The molecule has 0 aliphatic carbocycles. The van der Waals surface area contributed by atoms with Gasteiger partial charge in [-0.3, -0.25) is 0 Å². The van der Waals surface area contributed by atoms with Crippen molar-refractivity contribution in [1.82, 2.24) is 0 Å². The summed E-state index contributed by atoms with van der Waals surface area (Å²) in [5.41, 5.74) is 0.531. The monoisotopic (exact) mass is 248 g/mol. The minimum absolute atomic E-state index is 0.421. The van der Waals surface area contributed by atoms with Crippen LogP contribution in [-0.4, -0.2) is 24.2 Å². The van der Waals surface area contributed by atoms with Crippen LogP contribution in [0.4, 0.5) is 5.69 Å². The summed E-state index contributed by atoms with van der Waals surface area (Å²) < 4.78 is 5.18. The summed E-state index contributed by atoms with van der Waals surface area (Å²) in [4.78, 5) is 0. The van der Waals surface area contributed by atoms with Gasteiger partial charge in [0.1, 0.15) is 11.3 Å². The van der Waals surface area contributed by atoms with Crippen molar-refractivity contribution < 1.29 is 4.74 Å². The third kappa shape index (κ3) is 2.86. The SMILES string of the molecule is COc1cccc(NC2(C#N)CCCSC2)c1. The summed E-state index contributed by atoms with van der Waals surface area (Å²) in [5, 5.41) is 12.7. The number of hydrogen-bond donors (Lipinski definition) is 1. The van der Waals surface area contributed by atoms with Crippen LogP contribution in [0.15, 0.2) is 24.3 Å². The third-order valence-electron chi connectivity index (χ3n) is 2.91. The van der Waals surface area contributed by atoms with E-state index in [-0.39, 0.29) is 0 Å². The van der Waals surface area contributed by atoms with Gasteiger partial charge in [0.2, 0.25) is 0 Å². The number of ether oxygens (including phenoxy) is 1. The number of methoxy groups -OCH3 is 1. The normalized spacial score (nSPS) is 23.8. The lowest BCUT2D eigenvalue weighted by Gasteiger charge is -2.32. The van der Waals surface area contributed by atoms with Gasteiger partial charge in [0.15, 0.2) is 0 Å². The smallest absolute Gasteiger partial charge is 0.134 e. The van der Waals surface area contributed by atoms with Crippen molar-refractivity contribution in [1.29, 1.82) is 5.26 Å². The zero-order valence-electron chi connectivity index (χ0n) is 9.90. The van der Waals surface area contributed by atoms with Crippen LogP contribution < -0.4 is 10.1 Å². The molecule has 1 aliphatic rings. The second-order valence-corrected chi connectivity index (χ2v) is 5.31. The van der Waals surface area contributed by atoms with Crippen molar-refractivity contribution in [3.8, 4) is 11.8 Å². The second kappa shape index (κ2) is 5.33. The molecule has 1 N–H and O–H groups in total. The minimum atomic E-state index is -0.421.